The third kappa shape index (κ3) is 3.70. The number of pyridine rings is 1. The van der Waals surface area contributed by atoms with Crippen LogP contribution in [0.2, 0.25) is 0 Å². The van der Waals surface area contributed by atoms with Gasteiger partial charge in [-0.25, -0.2) is 4.98 Å². The molecule has 0 fully saturated rings. The molecule has 0 saturated carbocycles. The maximum Gasteiger partial charge on any atom is 0.144 e. The maximum absolute atomic E-state index is 9.92. The summed E-state index contributed by atoms with van der Waals surface area (Å²) in [7, 11) is 0. The van der Waals surface area contributed by atoms with Crippen LogP contribution < -0.4 is 5.73 Å². The van der Waals surface area contributed by atoms with E-state index in [1.807, 2.05) is 53.7 Å². The van der Waals surface area contributed by atoms with Gasteiger partial charge in [-0.2, -0.15) is 0 Å². The van der Waals surface area contributed by atoms with E-state index in [0.29, 0.717) is 11.2 Å². The summed E-state index contributed by atoms with van der Waals surface area (Å²) in [5.74, 6) is 0.0594. The Bertz CT molecular complexity index is 592. The zero-order valence-corrected chi connectivity index (χ0v) is 13.2. The molecule has 0 radical (unpaired) electrons. The minimum atomic E-state index is -0.0968. The Morgan fingerprint density at radius 2 is 1.65 bits per heavy atom. The lowest BCUT2D eigenvalue weighted by atomic mass is 10.0. The number of nitrogens with two attached hydrogens (primary N) is 1. The lowest BCUT2D eigenvalue weighted by Crippen LogP contribution is -2.13. The number of phenolic OH excluding ortho intramolecular Hbond substituents is 1. The van der Waals surface area contributed by atoms with E-state index in [0.717, 1.165) is 16.5 Å². The maximum atomic E-state index is 9.92. The highest BCUT2D eigenvalue weighted by Crippen LogP contribution is 2.29. The van der Waals surface area contributed by atoms with Crippen LogP contribution in [0.4, 0.5) is 0 Å². The summed E-state index contributed by atoms with van der Waals surface area (Å²) in [6.45, 7) is 11.8. The van der Waals surface area contributed by atoms with Gasteiger partial charge < -0.3 is 10.8 Å². The molecule has 110 valence electrons. The van der Waals surface area contributed by atoms with E-state index in [4.69, 9.17) is 11.1 Å². The number of nitrogens with zero attached hydrogens (tertiary/aromatic N) is 1. The van der Waals surface area contributed by atoms with Gasteiger partial charge in [-0.1, -0.05) is 39.8 Å². The smallest absolute Gasteiger partial charge is 0.144 e. The van der Waals surface area contributed by atoms with Gasteiger partial charge in [-0.15, -0.1) is 0 Å². The van der Waals surface area contributed by atoms with Gasteiger partial charge in [-0.3, -0.25) is 5.41 Å². The molecule has 4 nitrogen and oxygen atoms in total. The Morgan fingerprint density at radius 1 is 1.10 bits per heavy atom. The van der Waals surface area contributed by atoms with Crippen molar-refractivity contribution in [2.24, 2.45) is 5.73 Å². The zero-order valence-electron chi connectivity index (χ0n) is 13.2. The minimum absolute atomic E-state index is 0.0968. The van der Waals surface area contributed by atoms with E-state index in [9.17, 15) is 5.11 Å². The summed E-state index contributed by atoms with van der Waals surface area (Å²) in [6.07, 6.45) is 0. The van der Waals surface area contributed by atoms with Gasteiger partial charge in [-0.05, 0) is 31.0 Å². The van der Waals surface area contributed by atoms with Crippen LogP contribution in [-0.4, -0.2) is 15.9 Å². The third-order valence-corrected chi connectivity index (χ3v) is 2.63. The Morgan fingerprint density at radius 3 is 2.15 bits per heavy atom. The summed E-state index contributed by atoms with van der Waals surface area (Å²) in [5, 5.41) is 18.1. The van der Waals surface area contributed by atoms with Crippen molar-refractivity contribution in [2.45, 2.75) is 41.5 Å². The molecule has 1 aromatic carbocycles. The van der Waals surface area contributed by atoms with Crippen LogP contribution in [0.1, 0.15) is 44.5 Å². The first-order valence-electron chi connectivity index (χ1n) is 6.95. The first-order valence-corrected chi connectivity index (χ1v) is 6.95. The molecular formula is C16H25N3O. The van der Waals surface area contributed by atoms with Crippen molar-refractivity contribution in [3.8, 4) is 5.75 Å². The van der Waals surface area contributed by atoms with Crippen molar-refractivity contribution >= 4 is 16.7 Å². The van der Waals surface area contributed by atoms with E-state index in [-0.39, 0.29) is 11.6 Å². The fourth-order valence-corrected chi connectivity index (χ4v) is 1.77. The Kier molecular flexibility index (Phi) is 7.29. The van der Waals surface area contributed by atoms with Gasteiger partial charge in [0.1, 0.15) is 22.8 Å². The van der Waals surface area contributed by atoms with Gasteiger partial charge in [0, 0.05) is 5.39 Å². The average Bonchev–Trinajstić information content (AvgIpc) is 2.48. The molecular weight excluding hydrogens is 250 g/mol. The first-order chi connectivity index (χ1) is 9.50. The van der Waals surface area contributed by atoms with Gasteiger partial charge in [0.15, 0.2) is 0 Å². The number of amidine groups is 1. The van der Waals surface area contributed by atoms with Crippen LogP contribution in [0, 0.1) is 19.3 Å². The SMILES string of the molecule is CC.CC.Cc1cc(C)c2ccc(C(=N)N)nc2c1O. The summed E-state index contributed by atoms with van der Waals surface area (Å²) >= 11 is 0. The molecule has 0 amide bonds. The van der Waals surface area contributed by atoms with E-state index >= 15 is 0 Å². The average molecular weight is 275 g/mol. The van der Waals surface area contributed by atoms with E-state index < -0.39 is 0 Å². The molecule has 4 heteroatoms. The number of nitrogen functional groups attached to an aromatic ring is 1. The first kappa shape index (κ1) is 17.9. The van der Waals surface area contributed by atoms with Crippen LogP contribution >= 0.6 is 0 Å². The van der Waals surface area contributed by atoms with Crippen LogP contribution in [0.3, 0.4) is 0 Å². The van der Waals surface area contributed by atoms with E-state index in [2.05, 4.69) is 4.98 Å². The van der Waals surface area contributed by atoms with Crippen LogP contribution in [-0.2, 0) is 0 Å². The van der Waals surface area contributed by atoms with Crippen LogP contribution in [0.25, 0.3) is 10.9 Å². The molecule has 0 saturated heterocycles. The number of hydrogen-bond donors (Lipinski definition) is 3. The number of phenols is 1. The summed E-state index contributed by atoms with van der Waals surface area (Å²) in [4.78, 5) is 4.20. The van der Waals surface area contributed by atoms with Crippen molar-refractivity contribution in [1.82, 2.24) is 4.98 Å². The molecule has 2 aromatic rings. The lowest BCUT2D eigenvalue weighted by molar-refractivity contribution is 0.476. The molecule has 0 aliphatic rings. The monoisotopic (exact) mass is 275 g/mol. The van der Waals surface area contributed by atoms with Gasteiger partial charge in [0.2, 0.25) is 0 Å². The topological polar surface area (TPSA) is 83.0 Å². The van der Waals surface area contributed by atoms with Crippen LogP contribution in [0.15, 0.2) is 18.2 Å². The number of fused-ring (bicyclic) bond motifs is 1. The lowest BCUT2D eigenvalue weighted by Gasteiger charge is -2.08. The number of benzene rings is 1. The van der Waals surface area contributed by atoms with Crippen molar-refractivity contribution in [3.63, 3.8) is 0 Å². The molecule has 1 heterocycles. The molecule has 0 atom stereocenters. The second-order valence-electron chi connectivity index (χ2n) is 3.87. The fourth-order valence-electron chi connectivity index (χ4n) is 1.77. The summed E-state index contributed by atoms with van der Waals surface area (Å²) in [6, 6.07) is 5.42. The minimum Gasteiger partial charge on any atom is -0.505 e. The predicted octanol–water partition coefficient (Wildman–Crippen LogP) is 3.89. The second kappa shape index (κ2) is 8.15. The molecule has 0 aliphatic heterocycles. The number of nitrogens with one attached hydrogen (secondary N) is 1. The number of aromatic hydroxyl groups is 1. The highest BCUT2D eigenvalue weighted by molar-refractivity contribution is 5.97. The normalized spacial score (nSPS) is 9.10. The molecule has 2 rings (SSSR count). The quantitative estimate of drug-likeness (QED) is 0.545. The van der Waals surface area contributed by atoms with Crippen molar-refractivity contribution in [2.75, 3.05) is 0 Å². The summed E-state index contributed by atoms with van der Waals surface area (Å²) in [5.41, 5.74) is 8.08. The molecule has 0 bridgehead atoms. The Hall–Kier alpha value is -2.10. The predicted molar refractivity (Wildman–Crippen MR) is 86.6 cm³/mol. The van der Waals surface area contributed by atoms with Crippen molar-refractivity contribution in [1.29, 1.82) is 5.41 Å². The highest BCUT2D eigenvalue weighted by atomic mass is 16.3. The Labute approximate surface area is 121 Å². The standard InChI is InChI=1S/C12H13N3O.2C2H6/c1-6-5-7(2)11(16)10-8(6)3-4-9(15-10)12(13)14;2*1-2/h3-5,16H,1-2H3,(H3,13,14);2*1-2H3. The van der Waals surface area contributed by atoms with Gasteiger partial charge >= 0.3 is 0 Å². The molecule has 0 spiro atoms. The molecule has 0 aliphatic carbocycles. The number of rotatable bonds is 1. The van der Waals surface area contributed by atoms with Crippen LogP contribution in [0.5, 0.6) is 5.75 Å². The molecule has 0 unspecified atom stereocenters. The van der Waals surface area contributed by atoms with Gasteiger partial charge in [0.05, 0.1) is 0 Å². The Balaban J connectivity index is 0.000000829. The number of aromatic nitrogens is 1. The molecule has 20 heavy (non-hydrogen) atoms. The number of hydrogen-bond acceptors (Lipinski definition) is 3. The highest BCUT2D eigenvalue weighted by Gasteiger charge is 2.09. The van der Waals surface area contributed by atoms with Crippen molar-refractivity contribution in [3.05, 3.63) is 35.0 Å². The zero-order chi connectivity index (χ0) is 15.9. The largest absolute Gasteiger partial charge is 0.505 e. The van der Waals surface area contributed by atoms with E-state index in [1.165, 1.54) is 0 Å². The summed E-state index contributed by atoms with van der Waals surface area (Å²) < 4.78 is 0. The van der Waals surface area contributed by atoms with Crippen molar-refractivity contribution < 1.29 is 5.11 Å². The number of aryl methyl sites for hydroxylation is 2. The van der Waals surface area contributed by atoms with Gasteiger partial charge in [0.25, 0.3) is 0 Å². The fraction of sp³-hybridized carbons (Fsp3) is 0.375. The molecule has 1 aromatic heterocycles. The molecule has 4 N–H and O–H groups in total. The van der Waals surface area contributed by atoms with E-state index in [1.54, 1.807) is 6.07 Å². The third-order valence-electron chi connectivity index (χ3n) is 2.63. The second-order valence-corrected chi connectivity index (χ2v) is 3.87.